The fraction of sp³-hybridized carbons (Fsp3) is 0.250. The highest BCUT2D eigenvalue weighted by Gasteiger charge is 2.20. The number of pyridine rings is 2. The number of anilines is 1. The number of aromatic nitrogens is 2. The van der Waals surface area contributed by atoms with Gasteiger partial charge in [0.15, 0.2) is 0 Å². The van der Waals surface area contributed by atoms with Gasteiger partial charge in [0, 0.05) is 42.8 Å². The van der Waals surface area contributed by atoms with E-state index in [1.165, 1.54) is 5.56 Å². The number of benzene rings is 1. The summed E-state index contributed by atoms with van der Waals surface area (Å²) in [6, 6.07) is 12.0. The minimum Gasteiger partial charge on any atom is -0.338 e. The molecule has 0 radical (unpaired) electrons. The summed E-state index contributed by atoms with van der Waals surface area (Å²) in [5, 5.41) is 8.80. The van der Waals surface area contributed by atoms with Crippen LogP contribution in [0.15, 0.2) is 60.0 Å². The summed E-state index contributed by atoms with van der Waals surface area (Å²) in [6.07, 6.45) is 5.45. The Morgan fingerprint density at radius 3 is 2.78 bits per heavy atom. The van der Waals surface area contributed by atoms with Crippen molar-refractivity contribution in [1.82, 2.24) is 25.5 Å². The van der Waals surface area contributed by atoms with E-state index in [0.29, 0.717) is 19.0 Å². The highest BCUT2D eigenvalue weighted by molar-refractivity contribution is 6.07. The molecule has 32 heavy (non-hydrogen) atoms. The Kier molecular flexibility index (Phi) is 6.42. The van der Waals surface area contributed by atoms with Crippen molar-refractivity contribution in [3.05, 3.63) is 66.1 Å². The molecule has 0 bridgehead atoms. The molecule has 3 heterocycles. The number of carbonyl (C=O) groups is 1. The zero-order valence-electron chi connectivity index (χ0n) is 18.5. The lowest BCUT2D eigenvalue weighted by atomic mass is 9.95. The molecule has 0 saturated carbocycles. The van der Waals surface area contributed by atoms with Gasteiger partial charge < -0.3 is 15.5 Å². The molecule has 0 spiro atoms. The van der Waals surface area contributed by atoms with E-state index in [4.69, 9.17) is 0 Å². The first kappa shape index (κ1) is 21.5. The fourth-order valence-electron chi connectivity index (χ4n) is 3.67. The van der Waals surface area contributed by atoms with E-state index >= 15 is 0 Å². The molecule has 1 aromatic carbocycles. The van der Waals surface area contributed by atoms with Crippen LogP contribution in [-0.2, 0) is 13.1 Å². The lowest BCUT2D eigenvalue weighted by Crippen LogP contribution is -2.43. The first-order chi connectivity index (χ1) is 15.5. The van der Waals surface area contributed by atoms with Crippen molar-refractivity contribution in [2.45, 2.75) is 20.0 Å². The van der Waals surface area contributed by atoms with Crippen LogP contribution < -0.4 is 16.0 Å². The number of carbonyl (C=O) groups excluding carboxylic acids is 1. The van der Waals surface area contributed by atoms with Crippen molar-refractivity contribution in [1.29, 1.82) is 0 Å². The smallest absolute Gasteiger partial charge is 0.321 e. The molecule has 1 aliphatic rings. The Balaban J connectivity index is 1.77. The van der Waals surface area contributed by atoms with Crippen LogP contribution in [0.2, 0.25) is 0 Å². The molecule has 0 saturated heterocycles. The minimum absolute atomic E-state index is 0.290. The van der Waals surface area contributed by atoms with Crippen LogP contribution in [0.5, 0.6) is 0 Å². The van der Waals surface area contributed by atoms with Gasteiger partial charge in [-0.2, -0.15) is 0 Å². The standard InChI is InChI=1S/C24H27N7O/c1-4-26-24(32)30-23-28-14-19-11-18(17-6-5-8-25-13-17)12-20(22(19)29-23)21-10-16(7-9-27-21)15-31(2)3/h5-13H,4,14-15H2,1-3H3,(H3,26,28,29,30,32). The summed E-state index contributed by atoms with van der Waals surface area (Å²) in [6.45, 7) is 3.68. The van der Waals surface area contributed by atoms with Gasteiger partial charge in [0.25, 0.3) is 0 Å². The third-order valence-corrected chi connectivity index (χ3v) is 5.03. The van der Waals surface area contributed by atoms with Crippen LogP contribution in [0.3, 0.4) is 0 Å². The second kappa shape index (κ2) is 9.57. The number of nitrogens with zero attached hydrogens (tertiary/aromatic N) is 4. The predicted octanol–water partition coefficient (Wildman–Crippen LogP) is 3.47. The zero-order valence-corrected chi connectivity index (χ0v) is 18.5. The van der Waals surface area contributed by atoms with Gasteiger partial charge in [-0.3, -0.25) is 15.3 Å². The molecule has 164 valence electrons. The maximum Gasteiger partial charge on any atom is 0.321 e. The van der Waals surface area contributed by atoms with Crippen molar-refractivity contribution in [3.8, 4) is 22.4 Å². The third-order valence-electron chi connectivity index (χ3n) is 5.03. The summed E-state index contributed by atoms with van der Waals surface area (Å²) in [7, 11) is 4.09. The molecule has 2 aromatic heterocycles. The van der Waals surface area contributed by atoms with Gasteiger partial charge in [-0.15, -0.1) is 0 Å². The molecule has 4 rings (SSSR count). The third kappa shape index (κ3) is 4.92. The number of fused-ring (bicyclic) bond motifs is 1. The first-order valence-electron chi connectivity index (χ1n) is 10.6. The highest BCUT2D eigenvalue weighted by Crippen LogP contribution is 2.37. The molecule has 1 aliphatic heterocycles. The van der Waals surface area contributed by atoms with Crippen LogP contribution in [0.25, 0.3) is 22.4 Å². The lowest BCUT2D eigenvalue weighted by Gasteiger charge is -2.23. The van der Waals surface area contributed by atoms with Crippen LogP contribution in [0.4, 0.5) is 10.5 Å². The summed E-state index contributed by atoms with van der Waals surface area (Å²) >= 11 is 0. The topological polar surface area (TPSA) is 94.5 Å². The van der Waals surface area contributed by atoms with Gasteiger partial charge in [0.1, 0.15) is 0 Å². The number of nitrogens with one attached hydrogen (secondary N) is 3. The molecule has 8 heteroatoms. The number of urea groups is 1. The van der Waals surface area contributed by atoms with Crippen LogP contribution >= 0.6 is 0 Å². The molecule has 0 aliphatic carbocycles. The largest absolute Gasteiger partial charge is 0.338 e. The first-order valence-corrected chi connectivity index (χ1v) is 10.6. The van der Waals surface area contributed by atoms with E-state index in [-0.39, 0.29) is 6.03 Å². The Hall–Kier alpha value is -3.78. The van der Waals surface area contributed by atoms with Crippen molar-refractivity contribution < 1.29 is 4.79 Å². The van der Waals surface area contributed by atoms with Crippen molar-refractivity contribution >= 4 is 17.7 Å². The molecule has 3 aromatic rings. The second-order valence-electron chi connectivity index (χ2n) is 7.86. The maximum absolute atomic E-state index is 12.0. The van der Waals surface area contributed by atoms with E-state index in [1.54, 1.807) is 6.20 Å². The number of aliphatic imine (C=N–C) groups is 1. The molecule has 3 N–H and O–H groups in total. The van der Waals surface area contributed by atoms with Gasteiger partial charge in [0.05, 0.1) is 17.9 Å². The van der Waals surface area contributed by atoms with Gasteiger partial charge in [-0.05, 0) is 68.0 Å². The van der Waals surface area contributed by atoms with Crippen LogP contribution in [0, 0.1) is 0 Å². The molecule has 0 atom stereocenters. The van der Waals surface area contributed by atoms with Crippen molar-refractivity contribution in [2.24, 2.45) is 4.99 Å². The normalized spacial score (nSPS) is 12.6. The summed E-state index contributed by atoms with van der Waals surface area (Å²) in [4.78, 5) is 27.6. The monoisotopic (exact) mass is 429 g/mol. The quantitative estimate of drug-likeness (QED) is 0.577. The van der Waals surface area contributed by atoms with E-state index in [0.717, 1.165) is 40.2 Å². The average molecular weight is 430 g/mol. The number of rotatable bonds is 5. The van der Waals surface area contributed by atoms with Crippen LogP contribution in [0.1, 0.15) is 18.1 Å². The molecule has 8 nitrogen and oxygen atoms in total. The number of amides is 2. The molecular formula is C24H27N7O. The van der Waals surface area contributed by atoms with Gasteiger partial charge in [-0.25, -0.2) is 9.79 Å². The minimum atomic E-state index is -0.290. The highest BCUT2D eigenvalue weighted by atomic mass is 16.2. The lowest BCUT2D eigenvalue weighted by molar-refractivity contribution is 0.246. The van der Waals surface area contributed by atoms with E-state index in [9.17, 15) is 4.79 Å². The van der Waals surface area contributed by atoms with Crippen molar-refractivity contribution in [2.75, 3.05) is 26.0 Å². The predicted molar refractivity (Wildman–Crippen MR) is 127 cm³/mol. The summed E-state index contributed by atoms with van der Waals surface area (Å²) in [5.74, 6) is 0.420. The zero-order chi connectivity index (χ0) is 22.5. The second-order valence-corrected chi connectivity index (χ2v) is 7.86. The van der Waals surface area contributed by atoms with Crippen LogP contribution in [-0.4, -0.2) is 47.5 Å². The molecule has 2 amide bonds. The fourth-order valence-corrected chi connectivity index (χ4v) is 3.67. The van der Waals surface area contributed by atoms with Gasteiger partial charge in [-0.1, -0.05) is 6.07 Å². The SMILES string of the molecule is CCNC(=O)NC1=NCc2cc(-c3cccnc3)cc(-c3cc(CN(C)C)ccn3)c2N1. The van der Waals surface area contributed by atoms with E-state index in [1.807, 2.05) is 51.6 Å². The maximum atomic E-state index is 12.0. The number of guanidine groups is 1. The Bertz CT molecular complexity index is 1140. The molecule has 0 fully saturated rings. The Morgan fingerprint density at radius 2 is 2.03 bits per heavy atom. The van der Waals surface area contributed by atoms with E-state index in [2.05, 4.69) is 54.0 Å². The number of hydrogen-bond acceptors (Lipinski definition) is 6. The molecule has 0 unspecified atom stereocenters. The molecular weight excluding hydrogens is 402 g/mol. The Labute approximate surface area is 187 Å². The summed E-state index contributed by atoms with van der Waals surface area (Å²) in [5.41, 5.74) is 6.98. The average Bonchev–Trinajstić information content (AvgIpc) is 2.79. The van der Waals surface area contributed by atoms with Crippen molar-refractivity contribution in [3.63, 3.8) is 0 Å². The van der Waals surface area contributed by atoms with Gasteiger partial charge in [0.2, 0.25) is 5.96 Å². The summed E-state index contributed by atoms with van der Waals surface area (Å²) < 4.78 is 0. The van der Waals surface area contributed by atoms with E-state index < -0.39 is 0 Å². The van der Waals surface area contributed by atoms with Gasteiger partial charge >= 0.3 is 6.03 Å². The Morgan fingerprint density at radius 1 is 1.16 bits per heavy atom. The number of hydrogen-bond donors (Lipinski definition) is 3.